The maximum absolute atomic E-state index is 14.4. The molecule has 5 rings (SSSR count). The first kappa shape index (κ1) is 23.5. The summed E-state index contributed by atoms with van der Waals surface area (Å²) in [5.74, 6) is -0.999. The highest BCUT2D eigenvalue weighted by atomic mass is 19.1. The van der Waals surface area contributed by atoms with Gasteiger partial charge in [-0.15, -0.1) is 0 Å². The van der Waals surface area contributed by atoms with Crippen molar-refractivity contribution in [3.8, 4) is 28.4 Å². The van der Waals surface area contributed by atoms with Crippen LogP contribution in [0.3, 0.4) is 0 Å². The van der Waals surface area contributed by atoms with Gasteiger partial charge in [0.25, 0.3) is 17.4 Å². The Kier molecular flexibility index (Phi) is 6.41. The quantitative estimate of drug-likeness (QED) is 0.457. The number of carbonyl (C=O) groups is 3. The lowest BCUT2D eigenvalue weighted by Gasteiger charge is -2.41. The summed E-state index contributed by atoms with van der Waals surface area (Å²) in [6, 6.07) is 19.3. The molecule has 2 N–H and O–H groups in total. The Hall–Kier alpha value is -4.20. The standard InChI is InChI=1S/C28H25FN2O5/c29-24-16-15-22(17-23(24)18-7-3-1-4-8-18)35-20-11-13-21(14-12-20)36-28(19-9-5-2-6-10-19)25(32)30-27(34)31-26(28)33/h1,3-4,7-8,11-17,19H,2,5-6,9-10H2,(H2,30,31,32,33,34). The van der Waals surface area contributed by atoms with Gasteiger partial charge in [-0.3, -0.25) is 20.2 Å². The summed E-state index contributed by atoms with van der Waals surface area (Å²) in [4.78, 5) is 37.6. The summed E-state index contributed by atoms with van der Waals surface area (Å²) >= 11 is 0. The smallest absolute Gasteiger partial charge is 0.328 e. The summed E-state index contributed by atoms with van der Waals surface area (Å²) in [5, 5.41) is 4.39. The highest BCUT2D eigenvalue weighted by molar-refractivity contribution is 6.22. The van der Waals surface area contributed by atoms with E-state index in [2.05, 4.69) is 10.6 Å². The number of imide groups is 2. The molecule has 0 atom stereocenters. The van der Waals surface area contributed by atoms with E-state index in [1.165, 1.54) is 12.1 Å². The van der Waals surface area contributed by atoms with Crippen LogP contribution in [-0.4, -0.2) is 23.4 Å². The van der Waals surface area contributed by atoms with Gasteiger partial charge in [0.05, 0.1) is 0 Å². The van der Waals surface area contributed by atoms with Crippen LogP contribution >= 0.6 is 0 Å². The van der Waals surface area contributed by atoms with Crippen molar-refractivity contribution in [2.24, 2.45) is 5.92 Å². The van der Waals surface area contributed by atoms with E-state index < -0.39 is 23.4 Å². The highest BCUT2D eigenvalue weighted by Crippen LogP contribution is 2.38. The third kappa shape index (κ3) is 4.54. The second kappa shape index (κ2) is 9.81. The van der Waals surface area contributed by atoms with Crippen molar-refractivity contribution in [3.05, 3.63) is 78.6 Å². The van der Waals surface area contributed by atoms with Crippen molar-refractivity contribution < 1.29 is 28.2 Å². The second-order valence-electron chi connectivity index (χ2n) is 8.99. The summed E-state index contributed by atoms with van der Waals surface area (Å²) in [5.41, 5.74) is -0.663. The Labute approximate surface area is 207 Å². The molecule has 1 saturated heterocycles. The molecule has 3 aromatic carbocycles. The Morgan fingerprint density at radius 3 is 2.03 bits per heavy atom. The molecule has 1 aliphatic carbocycles. The van der Waals surface area contributed by atoms with E-state index in [-0.39, 0.29) is 17.5 Å². The van der Waals surface area contributed by atoms with Gasteiger partial charge in [0.15, 0.2) is 0 Å². The summed E-state index contributed by atoms with van der Waals surface area (Å²) in [7, 11) is 0. The van der Waals surface area contributed by atoms with Crippen LogP contribution in [-0.2, 0) is 9.59 Å². The molecule has 2 aliphatic rings. The number of halogens is 1. The van der Waals surface area contributed by atoms with Crippen LogP contribution in [0.15, 0.2) is 72.8 Å². The predicted molar refractivity (Wildman–Crippen MR) is 130 cm³/mol. The van der Waals surface area contributed by atoms with Crippen molar-refractivity contribution in [3.63, 3.8) is 0 Å². The molecule has 7 nitrogen and oxygen atoms in total. The first-order chi connectivity index (χ1) is 17.5. The molecule has 0 aromatic heterocycles. The minimum Gasteiger partial charge on any atom is -0.467 e. The Balaban J connectivity index is 1.37. The summed E-state index contributed by atoms with van der Waals surface area (Å²) in [6.07, 6.45) is 4.06. The van der Waals surface area contributed by atoms with Crippen molar-refractivity contribution in [2.45, 2.75) is 37.7 Å². The molecule has 184 valence electrons. The number of urea groups is 1. The van der Waals surface area contributed by atoms with Gasteiger partial charge in [-0.2, -0.15) is 0 Å². The Morgan fingerprint density at radius 2 is 1.36 bits per heavy atom. The SMILES string of the molecule is O=C1NC(=O)C(Oc2ccc(Oc3ccc(F)c(-c4ccccc4)c3)cc2)(C2CCCCC2)C(=O)N1. The van der Waals surface area contributed by atoms with Gasteiger partial charge in [-0.05, 0) is 60.9 Å². The Bertz CT molecular complexity index is 1270. The van der Waals surface area contributed by atoms with Crippen LogP contribution in [0, 0.1) is 11.7 Å². The molecule has 4 amide bonds. The molecule has 2 fully saturated rings. The van der Waals surface area contributed by atoms with E-state index in [0.717, 1.165) is 24.8 Å². The number of benzene rings is 3. The van der Waals surface area contributed by atoms with E-state index in [0.29, 0.717) is 29.9 Å². The molecular weight excluding hydrogens is 463 g/mol. The monoisotopic (exact) mass is 488 g/mol. The zero-order valence-corrected chi connectivity index (χ0v) is 19.5. The molecule has 0 unspecified atom stereocenters. The fourth-order valence-electron chi connectivity index (χ4n) is 4.89. The minimum atomic E-state index is -1.82. The molecule has 1 heterocycles. The maximum atomic E-state index is 14.4. The molecular formula is C28H25FN2O5. The maximum Gasteiger partial charge on any atom is 0.328 e. The summed E-state index contributed by atoms with van der Waals surface area (Å²) in [6.45, 7) is 0. The first-order valence-electron chi connectivity index (χ1n) is 11.9. The van der Waals surface area contributed by atoms with E-state index in [1.54, 1.807) is 30.3 Å². The number of hydrogen-bond donors (Lipinski definition) is 2. The van der Waals surface area contributed by atoms with Gasteiger partial charge in [-0.25, -0.2) is 9.18 Å². The average molecular weight is 489 g/mol. The fourth-order valence-corrected chi connectivity index (χ4v) is 4.89. The molecule has 1 aliphatic heterocycles. The van der Waals surface area contributed by atoms with E-state index in [9.17, 15) is 18.8 Å². The van der Waals surface area contributed by atoms with Crippen LogP contribution in [0.25, 0.3) is 11.1 Å². The lowest BCUT2D eigenvalue weighted by molar-refractivity contribution is -0.158. The first-order valence-corrected chi connectivity index (χ1v) is 11.9. The third-order valence-electron chi connectivity index (χ3n) is 6.67. The number of nitrogens with one attached hydrogen (secondary N) is 2. The lowest BCUT2D eigenvalue weighted by Crippen LogP contribution is -2.72. The molecule has 3 aromatic rings. The average Bonchev–Trinajstić information content (AvgIpc) is 2.89. The molecule has 0 bridgehead atoms. The van der Waals surface area contributed by atoms with Crippen LogP contribution in [0.2, 0.25) is 0 Å². The van der Waals surface area contributed by atoms with Gasteiger partial charge in [0, 0.05) is 11.5 Å². The van der Waals surface area contributed by atoms with Crippen molar-refractivity contribution in [1.29, 1.82) is 0 Å². The fraction of sp³-hybridized carbons (Fsp3) is 0.250. The minimum absolute atomic E-state index is 0.289. The number of barbiturate groups is 1. The van der Waals surface area contributed by atoms with Gasteiger partial charge < -0.3 is 9.47 Å². The number of carbonyl (C=O) groups excluding carboxylic acids is 3. The Morgan fingerprint density at radius 1 is 0.750 bits per heavy atom. The molecule has 0 spiro atoms. The molecule has 8 heteroatoms. The largest absolute Gasteiger partial charge is 0.467 e. The van der Waals surface area contributed by atoms with Crippen LogP contribution < -0.4 is 20.1 Å². The normalized spacial score (nSPS) is 17.8. The van der Waals surface area contributed by atoms with Crippen molar-refractivity contribution >= 4 is 17.8 Å². The second-order valence-corrected chi connectivity index (χ2v) is 8.99. The number of rotatable bonds is 6. The van der Waals surface area contributed by atoms with Crippen molar-refractivity contribution in [1.82, 2.24) is 10.6 Å². The molecule has 1 saturated carbocycles. The van der Waals surface area contributed by atoms with Gasteiger partial charge in [-0.1, -0.05) is 49.6 Å². The number of hydrogen-bond acceptors (Lipinski definition) is 5. The van der Waals surface area contributed by atoms with E-state index in [1.807, 2.05) is 30.3 Å². The zero-order valence-electron chi connectivity index (χ0n) is 19.5. The summed E-state index contributed by atoms with van der Waals surface area (Å²) < 4.78 is 26.4. The third-order valence-corrected chi connectivity index (χ3v) is 6.67. The van der Waals surface area contributed by atoms with Gasteiger partial charge >= 0.3 is 6.03 Å². The zero-order chi connectivity index (χ0) is 25.1. The molecule has 36 heavy (non-hydrogen) atoms. The van der Waals surface area contributed by atoms with Crippen LogP contribution in [0.5, 0.6) is 17.2 Å². The van der Waals surface area contributed by atoms with E-state index >= 15 is 0 Å². The highest BCUT2D eigenvalue weighted by Gasteiger charge is 2.58. The van der Waals surface area contributed by atoms with Crippen molar-refractivity contribution in [2.75, 3.05) is 0 Å². The number of amides is 4. The number of ether oxygens (including phenoxy) is 2. The topological polar surface area (TPSA) is 93.7 Å². The van der Waals surface area contributed by atoms with Gasteiger partial charge in [0.2, 0.25) is 0 Å². The van der Waals surface area contributed by atoms with Gasteiger partial charge in [0.1, 0.15) is 23.1 Å². The lowest BCUT2D eigenvalue weighted by atomic mass is 9.75. The molecule has 0 radical (unpaired) electrons. The van der Waals surface area contributed by atoms with E-state index in [4.69, 9.17) is 9.47 Å². The van der Waals surface area contributed by atoms with Crippen LogP contribution in [0.4, 0.5) is 9.18 Å². The van der Waals surface area contributed by atoms with Crippen LogP contribution in [0.1, 0.15) is 32.1 Å². The predicted octanol–water partition coefficient (Wildman–Crippen LogP) is 5.35.